The summed E-state index contributed by atoms with van der Waals surface area (Å²) in [5.74, 6) is -0.326. The molecule has 0 unspecified atom stereocenters. The van der Waals surface area contributed by atoms with Gasteiger partial charge in [-0.1, -0.05) is 0 Å². The SMILES string of the molecule is CNc1nc(-c2ccc3nc[nH]c3c2)ncc1C(=O)O. The van der Waals surface area contributed by atoms with Gasteiger partial charge in [-0.25, -0.2) is 19.7 Å². The summed E-state index contributed by atoms with van der Waals surface area (Å²) in [4.78, 5) is 26.5. The zero-order valence-corrected chi connectivity index (χ0v) is 10.6. The first-order chi connectivity index (χ1) is 9.69. The highest BCUT2D eigenvalue weighted by Gasteiger charge is 2.13. The molecule has 20 heavy (non-hydrogen) atoms. The molecule has 0 radical (unpaired) electrons. The third-order valence-corrected chi connectivity index (χ3v) is 2.93. The lowest BCUT2D eigenvalue weighted by atomic mass is 10.2. The average molecular weight is 269 g/mol. The average Bonchev–Trinajstić information content (AvgIpc) is 2.93. The molecule has 0 amide bonds. The van der Waals surface area contributed by atoms with Gasteiger partial charge in [-0.2, -0.15) is 0 Å². The van der Waals surface area contributed by atoms with Crippen molar-refractivity contribution in [1.82, 2.24) is 19.9 Å². The van der Waals surface area contributed by atoms with Crippen molar-refractivity contribution in [2.24, 2.45) is 0 Å². The molecule has 0 bridgehead atoms. The number of hydrogen-bond donors (Lipinski definition) is 3. The van der Waals surface area contributed by atoms with Crippen LogP contribution in [0.15, 0.2) is 30.7 Å². The minimum Gasteiger partial charge on any atom is -0.477 e. The van der Waals surface area contributed by atoms with Crippen LogP contribution in [0.5, 0.6) is 0 Å². The Morgan fingerprint density at radius 2 is 2.20 bits per heavy atom. The highest BCUT2D eigenvalue weighted by Crippen LogP contribution is 2.22. The number of benzene rings is 1. The number of fused-ring (bicyclic) bond motifs is 1. The minimum atomic E-state index is -1.06. The second-order valence-corrected chi connectivity index (χ2v) is 4.15. The number of nitrogens with zero attached hydrogens (tertiary/aromatic N) is 3. The maximum atomic E-state index is 11.0. The lowest BCUT2D eigenvalue weighted by molar-refractivity contribution is 0.0697. The summed E-state index contributed by atoms with van der Waals surface area (Å²) in [5, 5.41) is 11.8. The number of anilines is 1. The van der Waals surface area contributed by atoms with Crippen LogP contribution in [-0.4, -0.2) is 38.1 Å². The van der Waals surface area contributed by atoms with Gasteiger partial charge in [0.05, 0.1) is 17.4 Å². The Balaban J connectivity index is 2.11. The van der Waals surface area contributed by atoms with E-state index in [0.717, 1.165) is 16.6 Å². The standard InChI is InChI=1S/C13H11N5O2/c1-14-12-8(13(19)20)5-15-11(18-12)7-2-3-9-10(4-7)17-6-16-9/h2-6H,1H3,(H,16,17)(H,19,20)(H,14,15,18). The van der Waals surface area contributed by atoms with Crippen LogP contribution in [0, 0.1) is 0 Å². The van der Waals surface area contributed by atoms with Gasteiger partial charge in [0.15, 0.2) is 5.82 Å². The van der Waals surface area contributed by atoms with E-state index in [0.29, 0.717) is 5.82 Å². The maximum Gasteiger partial charge on any atom is 0.341 e. The van der Waals surface area contributed by atoms with Crippen molar-refractivity contribution in [1.29, 1.82) is 0 Å². The summed E-state index contributed by atoms with van der Waals surface area (Å²) in [6.07, 6.45) is 2.91. The zero-order chi connectivity index (χ0) is 14.1. The molecule has 2 heterocycles. The van der Waals surface area contributed by atoms with E-state index in [2.05, 4.69) is 25.3 Å². The number of carbonyl (C=O) groups is 1. The fraction of sp³-hybridized carbons (Fsp3) is 0.0769. The van der Waals surface area contributed by atoms with Crippen LogP contribution in [0.4, 0.5) is 5.82 Å². The second kappa shape index (κ2) is 4.61. The molecule has 7 heteroatoms. The molecule has 0 fully saturated rings. The summed E-state index contributed by atoms with van der Waals surface area (Å²) >= 11 is 0. The van der Waals surface area contributed by atoms with E-state index in [4.69, 9.17) is 5.11 Å². The normalized spacial score (nSPS) is 10.7. The number of aromatic carboxylic acids is 1. The first-order valence-electron chi connectivity index (χ1n) is 5.90. The van der Waals surface area contributed by atoms with Crippen molar-refractivity contribution in [2.45, 2.75) is 0 Å². The van der Waals surface area contributed by atoms with E-state index >= 15 is 0 Å². The number of H-pyrrole nitrogens is 1. The molecule has 0 aliphatic heterocycles. The molecule has 7 nitrogen and oxygen atoms in total. The molecule has 100 valence electrons. The summed E-state index contributed by atoms with van der Waals surface area (Å²) in [7, 11) is 1.62. The largest absolute Gasteiger partial charge is 0.477 e. The smallest absolute Gasteiger partial charge is 0.341 e. The fourth-order valence-electron chi connectivity index (χ4n) is 1.94. The van der Waals surface area contributed by atoms with E-state index in [1.807, 2.05) is 18.2 Å². The summed E-state index contributed by atoms with van der Waals surface area (Å²) in [5.41, 5.74) is 2.55. The Morgan fingerprint density at radius 3 is 2.95 bits per heavy atom. The predicted octanol–water partition coefficient (Wildman–Crippen LogP) is 1.76. The number of carboxylic acids is 1. The van der Waals surface area contributed by atoms with Crippen LogP contribution in [0.3, 0.4) is 0 Å². The van der Waals surface area contributed by atoms with E-state index in [9.17, 15) is 4.79 Å². The third kappa shape index (κ3) is 1.95. The monoisotopic (exact) mass is 269 g/mol. The molecule has 0 aliphatic rings. The molecule has 1 aromatic carbocycles. The van der Waals surface area contributed by atoms with Gasteiger partial charge in [0.2, 0.25) is 0 Å². The molecule has 0 saturated carbocycles. The van der Waals surface area contributed by atoms with Crippen LogP contribution < -0.4 is 5.32 Å². The third-order valence-electron chi connectivity index (χ3n) is 2.93. The topological polar surface area (TPSA) is 104 Å². The van der Waals surface area contributed by atoms with Crippen molar-refractivity contribution in [3.63, 3.8) is 0 Å². The first kappa shape index (κ1) is 12.1. The number of hydrogen-bond acceptors (Lipinski definition) is 5. The van der Waals surface area contributed by atoms with Gasteiger partial charge in [0.1, 0.15) is 11.4 Å². The maximum absolute atomic E-state index is 11.0. The molecule has 3 rings (SSSR count). The fourth-order valence-corrected chi connectivity index (χ4v) is 1.94. The summed E-state index contributed by atoms with van der Waals surface area (Å²) < 4.78 is 0. The quantitative estimate of drug-likeness (QED) is 0.669. The number of carboxylic acid groups (broad SMARTS) is 1. The minimum absolute atomic E-state index is 0.0406. The Morgan fingerprint density at radius 1 is 1.35 bits per heavy atom. The van der Waals surface area contributed by atoms with Crippen LogP contribution >= 0.6 is 0 Å². The van der Waals surface area contributed by atoms with Crippen LogP contribution in [-0.2, 0) is 0 Å². The van der Waals surface area contributed by atoms with Crippen molar-refractivity contribution in [3.05, 3.63) is 36.3 Å². The van der Waals surface area contributed by atoms with E-state index < -0.39 is 5.97 Å². The number of aromatic nitrogens is 4. The lowest BCUT2D eigenvalue weighted by Gasteiger charge is -2.06. The lowest BCUT2D eigenvalue weighted by Crippen LogP contribution is -2.07. The van der Waals surface area contributed by atoms with Crippen molar-refractivity contribution < 1.29 is 9.90 Å². The van der Waals surface area contributed by atoms with Gasteiger partial charge in [-0.3, -0.25) is 0 Å². The van der Waals surface area contributed by atoms with E-state index in [1.54, 1.807) is 13.4 Å². The molecule has 0 saturated heterocycles. The molecule has 3 aromatic rings. The molecule has 0 spiro atoms. The molecular weight excluding hydrogens is 258 g/mol. The van der Waals surface area contributed by atoms with Crippen LogP contribution in [0.1, 0.15) is 10.4 Å². The molecule has 3 N–H and O–H groups in total. The number of imidazole rings is 1. The number of rotatable bonds is 3. The summed E-state index contributed by atoms with van der Waals surface area (Å²) in [6.45, 7) is 0. The van der Waals surface area contributed by atoms with E-state index in [1.165, 1.54) is 6.20 Å². The predicted molar refractivity (Wildman–Crippen MR) is 73.6 cm³/mol. The van der Waals surface area contributed by atoms with Gasteiger partial charge in [-0.15, -0.1) is 0 Å². The van der Waals surface area contributed by atoms with Gasteiger partial charge >= 0.3 is 5.97 Å². The van der Waals surface area contributed by atoms with Gasteiger partial charge in [0, 0.05) is 18.8 Å². The van der Waals surface area contributed by atoms with Gasteiger partial charge in [0.25, 0.3) is 0 Å². The highest BCUT2D eigenvalue weighted by molar-refractivity contribution is 5.93. The van der Waals surface area contributed by atoms with Crippen LogP contribution in [0.25, 0.3) is 22.4 Å². The van der Waals surface area contributed by atoms with Gasteiger partial charge < -0.3 is 15.4 Å². The Bertz CT molecular complexity index is 796. The van der Waals surface area contributed by atoms with Crippen molar-refractivity contribution in [2.75, 3.05) is 12.4 Å². The number of nitrogens with one attached hydrogen (secondary N) is 2. The van der Waals surface area contributed by atoms with Gasteiger partial charge in [-0.05, 0) is 18.2 Å². The van der Waals surface area contributed by atoms with E-state index in [-0.39, 0.29) is 11.4 Å². The second-order valence-electron chi connectivity index (χ2n) is 4.15. The Labute approximate surface area is 113 Å². The Kier molecular flexibility index (Phi) is 2.79. The molecule has 0 atom stereocenters. The molecule has 0 aliphatic carbocycles. The Hall–Kier alpha value is -2.96. The van der Waals surface area contributed by atoms with Crippen molar-refractivity contribution in [3.8, 4) is 11.4 Å². The summed E-state index contributed by atoms with van der Waals surface area (Å²) in [6, 6.07) is 5.57. The van der Waals surface area contributed by atoms with Crippen LogP contribution in [0.2, 0.25) is 0 Å². The molecule has 2 aromatic heterocycles. The van der Waals surface area contributed by atoms with Crippen molar-refractivity contribution >= 4 is 22.8 Å². The first-order valence-corrected chi connectivity index (χ1v) is 5.90. The molecular formula is C13H11N5O2. The zero-order valence-electron chi connectivity index (χ0n) is 10.6. The number of aromatic amines is 1. The highest BCUT2D eigenvalue weighted by atomic mass is 16.4.